The molecule has 1 fully saturated rings. The van der Waals surface area contributed by atoms with Gasteiger partial charge in [0.15, 0.2) is 0 Å². The molecule has 2 N–H and O–H groups in total. The minimum Gasteiger partial charge on any atom is -0.481 e. The minimum atomic E-state index is 0.397. The summed E-state index contributed by atoms with van der Waals surface area (Å²) in [4.78, 5) is 12.6. The molecule has 1 aliphatic rings. The van der Waals surface area contributed by atoms with Gasteiger partial charge in [-0.25, -0.2) is 9.97 Å². The van der Waals surface area contributed by atoms with Crippen LogP contribution in [0.4, 0.5) is 0 Å². The first-order chi connectivity index (χ1) is 16.8. The molecule has 35 heavy (non-hydrogen) atoms. The van der Waals surface area contributed by atoms with Crippen LogP contribution in [0.3, 0.4) is 0 Å². The molecule has 0 aromatic carbocycles. The van der Waals surface area contributed by atoms with Crippen molar-refractivity contribution >= 4 is 32.7 Å². The quantitative estimate of drug-likeness (QED) is 0.214. The molecule has 0 radical (unpaired) electrons. The molecule has 3 unspecified atom stereocenters. The van der Waals surface area contributed by atoms with Gasteiger partial charge in [-0.2, -0.15) is 11.8 Å². The van der Waals surface area contributed by atoms with Gasteiger partial charge >= 0.3 is 0 Å². The van der Waals surface area contributed by atoms with Crippen LogP contribution in [0, 0.1) is 0 Å². The fraction of sp³-hybridized carbons (Fsp3) is 0.593. The van der Waals surface area contributed by atoms with Gasteiger partial charge in [0.1, 0.15) is 6.33 Å². The van der Waals surface area contributed by atoms with E-state index < -0.39 is 0 Å². The Hall–Kier alpha value is -1.69. The van der Waals surface area contributed by atoms with Crippen molar-refractivity contribution in [2.75, 3.05) is 12.9 Å². The number of unbranched alkanes of at least 4 members (excludes halogenated alkanes) is 1. The first-order valence-electron chi connectivity index (χ1n) is 12.5. The minimum absolute atomic E-state index is 0.397. The Labute approximate surface area is 219 Å². The lowest BCUT2D eigenvalue weighted by atomic mass is 10.0. The van der Waals surface area contributed by atoms with Gasteiger partial charge in [-0.05, 0) is 59.0 Å². The van der Waals surface area contributed by atoms with Gasteiger partial charge in [0.2, 0.25) is 5.88 Å². The third-order valence-corrected chi connectivity index (χ3v) is 7.33. The first kappa shape index (κ1) is 31.3. The molecule has 8 heteroatoms. The fourth-order valence-corrected chi connectivity index (χ4v) is 5.02. The average Bonchev–Trinajstić information content (AvgIpc) is 3.27. The molecule has 1 aromatic rings. The maximum Gasteiger partial charge on any atom is 0.220 e. The van der Waals surface area contributed by atoms with E-state index in [1.807, 2.05) is 25.6 Å². The van der Waals surface area contributed by atoms with E-state index in [2.05, 4.69) is 64.0 Å². The lowest BCUT2D eigenvalue weighted by molar-refractivity contribution is 0.0700. The molecular formula is C27H45N4O2PS. The number of allylic oxidation sites excluding steroid dienone is 4. The van der Waals surface area contributed by atoms with Crippen molar-refractivity contribution in [3.05, 3.63) is 46.6 Å². The monoisotopic (exact) mass is 520 g/mol. The Morgan fingerprint density at radius 2 is 2.06 bits per heavy atom. The van der Waals surface area contributed by atoms with Gasteiger partial charge in [-0.1, -0.05) is 41.7 Å². The second-order valence-electron chi connectivity index (χ2n) is 8.53. The predicted molar refractivity (Wildman–Crippen MR) is 156 cm³/mol. The van der Waals surface area contributed by atoms with Crippen LogP contribution in [0.2, 0.25) is 0 Å². The van der Waals surface area contributed by atoms with Gasteiger partial charge in [-0.15, -0.1) is 0 Å². The van der Waals surface area contributed by atoms with Crippen LogP contribution in [0.25, 0.3) is 0 Å². The molecule has 3 atom stereocenters. The Morgan fingerprint density at radius 1 is 1.31 bits per heavy atom. The normalized spacial score (nSPS) is 19.4. The second-order valence-corrected chi connectivity index (χ2v) is 10.1. The molecule has 0 aliphatic carbocycles. The Kier molecular flexibility index (Phi) is 15.8. The molecule has 1 aliphatic heterocycles. The molecule has 6 nitrogen and oxygen atoms in total. The summed E-state index contributed by atoms with van der Waals surface area (Å²) in [6.07, 6.45) is 14.0. The van der Waals surface area contributed by atoms with E-state index in [1.54, 1.807) is 13.3 Å². The maximum absolute atomic E-state index is 6.18. The highest BCUT2D eigenvalue weighted by Gasteiger charge is 2.21. The largest absolute Gasteiger partial charge is 0.481 e. The Morgan fingerprint density at radius 3 is 2.63 bits per heavy atom. The summed E-state index contributed by atoms with van der Waals surface area (Å²) in [7, 11) is 4.28. The van der Waals surface area contributed by atoms with Crippen LogP contribution in [0.5, 0.6) is 5.88 Å². The third kappa shape index (κ3) is 11.3. The highest BCUT2D eigenvalue weighted by Crippen LogP contribution is 2.26. The van der Waals surface area contributed by atoms with Gasteiger partial charge in [0, 0.05) is 40.3 Å². The molecular weight excluding hydrogens is 475 g/mol. The summed E-state index contributed by atoms with van der Waals surface area (Å²) in [5.74, 6) is 2.55. The lowest BCUT2D eigenvalue weighted by Crippen LogP contribution is -2.13. The van der Waals surface area contributed by atoms with Gasteiger partial charge in [-0.3, -0.25) is 4.99 Å². The van der Waals surface area contributed by atoms with Crippen molar-refractivity contribution in [3.8, 4) is 5.88 Å². The molecule has 0 spiro atoms. The molecule has 0 saturated carbocycles. The summed E-state index contributed by atoms with van der Waals surface area (Å²) < 4.78 is 11.1. The van der Waals surface area contributed by atoms with Crippen LogP contribution in [-0.4, -0.2) is 41.3 Å². The SMILES string of the molecule is CC=N/C(C)=C(/C=C\CCC)C(\N)=C(/C)CC.COc1ncnc(P)c1CSCC1CCC(C)O1. The van der Waals surface area contributed by atoms with Crippen molar-refractivity contribution < 1.29 is 9.47 Å². The fourth-order valence-electron chi connectivity index (χ4n) is 3.48. The average molecular weight is 521 g/mol. The molecule has 1 saturated heterocycles. The van der Waals surface area contributed by atoms with E-state index in [1.165, 1.54) is 24.7 Å². The second kappa shape index (κ2) is 17.7. The van der Waals surface area contributed by atoms with Crippen LogP contribution in [0.15, 0.2) is 46.0 Å². The number of hydrogen-bond acceptors (Lipinski definition) is 7. The van der Waals surface area contributed by atoms with E-state index in [-0.39, 0.29) is 0 Å². The van der Waals surface area contributed by atoms with Gasteiger partial charge in [0.25, 0.3) is 0 Å². The zero-order valence-corrected chi connectivity index (χ0v) is 24.6. The van der Waals surface area contributed by atoms with Crippen molar-refractivity contribution in [1.82, 2.24) is 9.97 Å². The topological polar surface area (TPSA) is 82.6 Å². The summed E-state index contributed by atoms with van der Waals surface area (Å²) >= 11 is 1.85. The number of aromatic nitrogens is 2. The number of nitrogens with two attached hydrogens (primary N) is 1. The molecule has 1 aromatic heterocycles. The zero-order chi connectivity index (χ0) is 26.2. The van der Waals surface area contributed by atoms with E-state index >= 15 is 0 Å². The third-order valence-electron chi connectivity index (χ3n) is 5.74. The van der Waals surface area contributed by atoms with Crippen LogP contribution >= 0.6 is 21.0 Å². The zero-order valence-electron chi connectivity index (χ0n) is 22.6. The predicted octanol–water partition coefficient (Wildman–Crippen LogP) is 6.14. The van der Waals surface area contributed by atoms with Crippen molar-refractivity contribution in [3.63, 3.8) is 0 Å². The van der Waals surface area contributed by atoms with Crippen molar-refractivity contribution in [2.24, 2.45) is 10.7 Å². The van der Waals surface area contributed by atoms with E-state index in [0.717, 1.165) is 58.7 Å². The number of methoxy groups -OCH3 is 1. The lowest BCUT2D eigenvalue weighted by Gasteiger charge is -2.12. The number of ether oxygens (including phenoxy) is 2. The first-order valence-corrected chi connectivity index (χ1v) is 14.2. The van der Waals surface area contributed by atoms with Crippen molar-refractivity contribution in [1.29, 1.82) is 0 Å². The van der Waals surface area contributed by atoms with Gasteiger partial charge < -0.3 is 15.2 Å². The smallest absolute Gasteiger partial charge is 0.220 e. The number of aliphatic imine (C=N–C) groups is 1. The van der Waals surface area contributed by atoms with Gasteiger partial charge in [0.05, 0.1) is 24.8 Å². The van der Waals surface area contributed by atoms with E-state index in [9.17, 15) is 0 Å². The molecule has 2 heterocycles. The molecule has 2 rings (SSSR count). The standard InChI is InChI=1S/C15H26N2.C12H19N2O2PS/c1-6-9-10-11-14(13(5)17-8-3)15(16)12(4)7-2;1-8-3-4-9(16-8)5-18-6-10-11(15-2)13-7-14-12(10)17/h8,10-11H,6-7,9,16H2,1-5H3;7-9H,3-6,17H2,1-2H3/b11-10-,14-13-,15-12-,17-8?;. The molecule has 196 valence electrons. The highest BCUT2D eigenvalue weighted by molar-refractivity contribution is 7.98. The van der Waals surface area contributed by atoms with E-state index in [4.69, 9.17) is 15.2 Å². The summed E-state index contributed by atoms with van der Waals surface area (Å²) in [6.45, 7) is 12.4. The van der Waals surface area contributed by atoms with Crippen LogP contribution < -0.4 is 15.9 Å². The van der Waals surface area contributed by atoms with Crippen LogP contribution in [-0.2, 0) is 10.5 Å². The van der Waals surface area contributed by atoms with Crippen molar-refractivity contribution in [2.45, 2.75) is 91.6 Å². The Balaban J connectivity index is 0.000000351. The number of thioether (sulfide) groups is 1. The molecule has 0 bridgehead atoms. The number of rotatable bonds is 11. The maximum atomic E-state index is 6.18. The molecule has 0 amide bonds. The number of hydrogen-bond donors (Lipinski definition) is 1. The highest BCUT2D eigenvalue weighted by atomic mass is 32.2. The Bertz CT molecular complexity index is 899. The van der Waals surface area contributed by atoms with Crippen LogP contribution in [0.1, 0.15) is 79.2 Å². The summed E-state index contributed by atoms with van der Waals surface area (Å²) in [6, 6.07) is 0. The summed E-state index contributed by atoms with van der Waals surface area (Å²) in [5.41, 5.74) is 12.3. The van der Waals surface area contributed by atoms with E-state index in [0.29, 0.717) is 18.1 Å². The summed E-state index contributed by atoms with van der Waals surface area (Å²) in [5, 5.41) is 0. The number of nitrogens with zero attached hydrogens (tertiary/aromatic N) is 3.